The van der Waals surface area contributed by atoms with E-state index in [1.165, 1.54) is 0 Å². The maximum absolute atomic E-state index is 6.20. The lowest BCUT2D eigenvalue weighted by Gasteiger charge is -2.35. The van der Waals surface area contributed by atoms with Crippen molar-refractivity contribution in [2.24, 2.45) is 16.8 Å². The summed E-state index contributed by atoms with van der Waals surface area (Å²) in [6.07, 6.45) is 6.91. The Morgan fingerprint density at radius 2 is 2.14 bits per heavy atom. The molecule has 76 valence electrons. The molecule has 0 fully saturated rings. The third-order valence-corrected chi connectivity index (χ3v) is 3.71. The average molecular weight is 230 g/mol. The maximum Gasteiger partial charge on any atom is 0.0555 e. The molecule has 1 aliphatic heterocycles. The van der Waals surface area contributed by atoms with Gasteiger partial charge in [0.1, 0.15) is 0 Å². The van der Waals surface area contributed by atoms with Crippen molar-refractivity contribution in [3.8, 4) is 0 Å². The Bertz CT molecular complexity index is 339. The van der Waals surface area contributed by atoms with E-state index >= 15 is 0 Å². The van der Waals surface area contributed by atoms with Crippen LogP contribution in [0.1, 0.15) is 20.3 Å². The quantitative estimate of drug-likeness (QED) is 0.601. The van der Waals surface area contributed by atoms with Crippen LogP contribution in [0.15, 0.2) is 27.2 Å². The summed E-state index contributed by atoms with van der Waals surface area (Å²) in [5.41, 5.74) is -0.0103. The second-order valence-electron chi connectivity index (χ2n) is 4.53. The highest BCUT2D eigenvalue weighted by Crippen LogP contribution is 2.41. The van der Waals surface area contributed by atoms with Gasteiger partial charge in [0.15, 0.2) is 0 Å². The number of allylic oxidation sites excluding steroid dienone is 4. The molecule has 0 aromatic carbocycles. The molecule has 2 atom stereocenters. The predicted octanol–water partition coefficient (Wildman–Crippen LogP) is 3.73. The molecule has 3 heteroatoms. The van der Waals surface area contributed by atoms with Crippen LogP contribution in [0.25, 0.3) is 0 Å². The van der Waals surface area contributed by atoms with Gasteiger partial charge in [0.05, 0.1) is 10.6 Å². The first kappa shape index (κ1) is 10.3. The zero-order chi connectivity index (χ0) is 10.3. The third-order valence-electron chi connectivity index (χ3n) is 2.80. The molecule has 2 unspecified atom stereocenters. The summed E-state index contributed by atoms with van der Waals surface area (Å²) in [6, 6.07) is 0. The normalized spacial score (nSPS) is 34.6. The highest BCUT2D eigenvalue weighted by molar-refractivity contribution is 6.40. The van der Waals surface area contributed by atoms with E-state index in [1.54, 1.807) is 0 Å². The molecule has 0 amide bonds. The first-order valence-corrected chi connectivity index (χ1v) is 5.54. The number of halogens is 2. The summed E-state index contributed by atoms with van der Waals surface area (Å²) in [5, 5.41) is 1.47. The molecule has 1 nitrogen and oxygen atoms in total. The molecule has 0 saturated heterocycles. The molecule has 0 radical (unpaired) electrons. The molecule has 14 heavy (non-hydrogen) atoms. The number of rotatable bonds is 0. The Balaban J connectivity index is 2.34. The van der Waals surface area contributed by atoms with Crippen molar-refractivity contribution >= 4 is 29.4 Å². The van der Waals surface area contributed by atoms with Crippen LogP contribution >= 0.6 is 23.2 Å². The van der Waals surface area contributed by atoms with Gasteiger partial charge in [-0.1, -0.05) is 29.3 Å². The summed E-state index contributed by atoms with van der Waals surface area (Å²) in [5.74, 6) is 0.652. The molecule has 0 spiro atoms. The SMILES string of the molecule is CC1(C)CC2C(Cl)=C(Cl)C=CC2C=N1. The van der Waals surface area contributed by atoms with Gasteiger partial charge in [-0.25, -0.2) is 0 Å². The molecule has 1 heterocycles. The van der Waals surface area contributed by atoms with Crippen LogP contribution in [0, 0.1) is 11.8 Å². The fraction of sp³-hybridized carbons (Fsp3) is 0.545. The van der Waals surface area contributed by atoms with E-state index < -0.39 is 0 Å². The van der Waals surface area contributed by atoms with Gasteiger partial charge in [0.2, 0.25) is 0 Å². The molecule has 0 saturated carbocycles. The molecular formula is C11H13Cl2N. The lowest BCUT2D eigenvalue weighted by Crippen LogP contribution is -2.33. The zero-order valence-electron chi connectivity index (χ0n) is 8.30. The predicted molar refractivity (Wildman–Crippen MR) is 62.0 cm³/mol. The van der Waals surface area contributed by atoms with E-state index in [1.807, 2.05) is 12.3 Å². The Morgan fingerprint density at radius 1 is 1.43 bits per heavy atom. The Kier molecular flexibility index (Phi) is 2.48. The standard InChI is InChI=1S/C11H13Cl2N/c1-11(2)5-8-7(6-14-11)3-4-9(12)10(8)13/h3-4,6-8H,5H2,1-2H3. The van der Waals surface area contributed by atoms with Crippen LogP contribution in [-0.4, -0.2) is 11.8 Å². The molecule has 0 N–H and O–H groups in total. The maximum atomic E-state index is 6.20. The monoisotopic (exact) mass is 229 g/mol. The van der Waals surface area contributed by atoms with Gasteiger partial charge in [-0.15, -0.1) is 0 Å². The van der Waals surface area contributed by atoms with E-state index in [-0.39, 0.29) is 5.54 Å². The van der Waals surface area contributed by atoms with Crippen molar-refractivity contribution in [3.05, 3.63) is 22.2 Å². The van der Waals surface area contributed by atoms with Crippen molar-refractivity contribution in [2.45, 2.75) is 25.8 Å². The molecule has 2 aliphatic rings. The van der Waals surface area contributed by atoms with E-state index in [2.05, 4.69) is 24.9 Å². The Morgan fingerprint density at radius 3 is 2.86 bits per heavy atom. The Hall–Kier alpha value is -0.270. The van der Waals surface area contributed by atoms with Crippen LogP contribution in [-0.2, 0) is 0 Å². The van der Waals surface area contributed by atoms with Crippen LogP contribution in [0.4, 0.5) is 0 Å². The van der Waals surface area contributed by atoms with Crippen LogP contribution in [0.5, 0.6) is 0 Å². The van der Waals surface area contributed by atoms with E-state index in [0.717, 1.165) is 11.5 Å². The van der Waals surface area contributed by atoms with Crippen LogP contribution < -0.4 is 0 Å². The lowest BCUT2D eigenvalue weighted by molar-refractivity contribution is 0.359. The molecule has 0 aromatic heterocycles. The summed E-state index contributed by atoms with van der Waals surface area (Å²) in [4.78, 5) is 4.51. The van der Waals surface area contributed by atoms with E-state index in [4.69, 9.17) is 23.2 Å². The number of hydrogen-bond acceptors (Lipinski definition) is 1. The van der Waals surface area contributed by atoms with Gasteiger partial charge in [0.25, 0.3) is 0 Å². The van der Waals surface area contributed by atoms with Crippen LogP contribution in [0.2, 0.25) is 0 Å². The molecular weight excluding hydrogens is 217 g/mol. The highest BCUT2D eigenvalue weighted by Gasteiger charge is 2.35. The number of hydrogen-bond donors (Lipinski definition) is 0. The first-order valence-electron chi connectivity index (χ1n) is 4.78. The van der Waals surface area contributed by atoms with E-state index in [9.17, 15) is 0 Å². The number of fused-ring (bicyclic) bond motifs is 1. The second kappa shape index (κ2) is 3.39. The van der Waals surface area contributed by atoms with Crippen molar-refractivity contribution in [3.63, 3.8) is 0 Å². The smallest absolute Gasteiger partial charge is 0.0555 e. The third kappa shape index (κ3) is 1.76. The fourth-order valence-corrected chi connectivity index (χ4v) is 2.51. The first-order chi connectivity index (χ1) is 6.49. The minimum absolute atomic E-state index is 0.0103. The van der Waals surface area contributed by atoms with Gasteiger partial charge in [0, 0.05) is 23.1 Å². The van der Waals surface area contributed by atoms with E-state index in [0.29, 0.717) is 16.9 Å². The summed E-state index contributed by atoms with van der Waals surface area (Å²) < 4.78 is 0. The second-order valence-corrected chi connectivity index (χ2v) is 5.35. The van der Waals surface area contributed by atoms with Crippen molar-refractivity contribution in [1.82, 2.24) is 0 Å². The molecule has 0 aromatic rings. The topological polar surface area (TPSA) is 12.4 Å². The van der Waals surface area contributed by atoms with Crippen molar-refractivity contribution in [1.29, 1.82) is 0 Å². The minimum atomic E-state index is -0.0103. The largest absolute Gasteiger partial charge is 0.291 e. The van der Waals surface area contributed by atoms with Crippen molar-refractivity contribution < 1.29 is 0 Å². The average Bonchev–Trinajstić information content (AvgIpc) is 2.11. The minimum Gasteiger partial charge on any atom is -0.291 e. The van der Waals surface area contributed by atoms with Gasteiger partial charge < -0.3 is 0 Å². The summed E-state index contributed by atoms with van der Waals surface area (Å²) in [7, 11) is 0. The van der Waals surface area contributed by atoms with Gasteiger partial charge >= 0.3 is 0 Å². The van der Waals surface area contributed by atoms with Crippen molar-refractivity contribution in [2.75, 3.05) is 0 Å². The molecule has 2 rings (SSSR count). The molecule has 1 aliphatic carbocycles. The fourth-order valence-electron chi connectivity index (χ4n) is 2.01. The summed E-state index contributed by atoms with van der Waals surface area (Å²) >= 11 is 12.2. The Labute approximate surface area is 94.5 Å². The lowest BCUT2D eigenvalue weighted by atomic mass is 9.78. The zero-order valence-corrected chi connectivity index (χ0v) is 9.81. The number of aliphatic imine (C=N–C) groups is 1. The van der Waals surface area contributed by atoms with Gasteiger partial charge in [-0.2, -0.15) is 0 Å². The van der Waals surface area contributed by atoms with Gasteiger partial charge in [-0.3, -0.25) is 4.99 Å². The van der Waals surface area contributed by atoms with Gasteiger partial charge in [-0.05, 0) is 26.3 Å². The van der Waals surface area contributed by atoms with Crippen LogP contribution in [0.3, 0.4) is 0 Å². The number of nitrogens with zero attached hydrogens (tertiary/aromatic N) is 1. The highest BCUT2D eigenvalue weighted by atomic mass is 35.5. The summed E-state index contributed by atoms with van der Waals surface area (Å²) in [6.45, 7) is 4.24. The molecule has 0 bridgehead atoms.